The summed E-state index contributed by atoms with van der Waals surface area (Å²) in [5.74, 6) is 2.53. The number of nitrogens with one attached hydrogen (secondary N) is 2. The third kappa shape index (κ3) is 4.74. The Bertz CT molecular complexity index is 712. The molecule has 25 heavy (non-hydrogen) atoms. The molecule has 1 aromatic rings. The van der Waals surface area contributed by atoms with E-state index in [0.29, 0.717) is 25.1 Å². The SMILES string of the molecule is C#C[C@@H](NC(=O)N[C@H]1CCN(Cc2ccc(C#N)cc2)C1=O)C(C)C. The van der Waals surface area contributed by atoms with Crippen molar-refractivity contribution in [1.29, 1.82) is 5.26 Å². The number of carbonyl (C=O) groups is 2. The Kier molecular flexibility index (Phi) is 6.03. The number of nitrogens with zero attached hydrogens (tertiary/aromatic N) is 2. The molecule has 2 atom stereocenters. The van der Waals surface area contributed by atoms with Gasteiger partial charge >= 0.3 is 6.03 Å². The number of amides is 3. The Morgan fingerprint density at radius 2 is 2.08 bits per heavy atom. The summed E-state index contributed by atoms with van der Waals surface area (Å²) in [6.07, 6.45) is 5.96. The Labute approximate surface area is 148 Å². The van der Waals surface area contributed by atoms with E-state index in [1.807, 2.05) is 26.0 Å². The highest BCUT2D eigenvalue weighted by molar-refractivity contribution is 5.88. The molecular formula is C19H22N4O2. The van der Waals surface area contributed by atoms with Gasteiger partial charge < -0.3 is 15.5 Å². The quantitative estimate of drug-likeness (QED) is 0.800. The Morgan fingerprint density at radius 3 is 2.64 bits per heavy atom. The fraction of sp³-hybridized carbons (Fsp3) is 0.421. The molecule has 130 valence electrons. The predicted octanol–water partition coefficient (Wildman–Crippen LogP) is 1.62. The van der Waals surface area contributed by atoms with E-state index in [4.69, 9.17) is 11.7 Å². The zero-order valence-corrected chi connectivity index (χ0v) is 14.5. The summed E-state index contributed by atoms with van der Waals surface area (Å²) in [6, 6.07) is 7.86. The molecule has 1 heterocycles. The summed E-state index contributed by atoms with van der Waals surface area (Å²) in [5, 5.41) is 14.2. The van der Waals surface area contributed by atoms with Crippen molar-refractivity contribution in [2.24, 2.45) is 5.92 Å². The lowest BCUT2D eigenvalue weighted by Crippen LogP contribution is -2.49. The summed E-state index contributed by atoms with van der Waals surface area (Å²) < 4.78 is 0. The number of hydrogen-bond donors (Lipinski definition) is 2. The first-order valence-corrected chi connectivity index (χ1v) is 8.25. The first-order valence-electron chi connectivity index (χ1n) is 8.25. The van der Waals surface area contributed by atoms with Gasteiger partial charge in [-0.2, -0.15) is 5.26 Å². The fourth-order valence-electron chi connectivity index (χ4n) is 2.68. The van der Waals surface area contributed by atoms with Crippen LogP contribution >= 0.6 is 0 Å². The molecule has 0 aliphatic carbocycles. The molecule has 1 aliphatic heterocycles. The summed E-state index contributed by atoms with van der Waals surface area (Å²) >= 11 is 0. The Hall–Kier alpha value is -2.99. The fourth-order valence-corrected chi connectivity index (χ4v) is 2.68. The van der Waals surface area contributed by atoms with Crippen LogP contribution in [-0.4, -0.2) is 35.5 Å². The Morgan fingerprint density at radius 1 is 1.40 bits per heavy atom. The number of benzene rings is 1. The normalized spacial score (nSPS) is 17.7. The molecule has 6 heteroatoms. The lowest BCUT2D eigenvalue weighted by molar-refractivity contribution is -0.129. The Balaban J connectivity index is 1.89. The monoisotopic (exact) mass is 338 g/mol. The number of likely N-dealkylation sites (tertiary alicyclic amines) is 1. The van der Waals surface area contributed by atoms with Crippen molar-refractivity contribution >= 4 is 11.9 Å². The van der Waals surface area contributed by atoms with E-state index in [-0.39, 0.29) is 17.9 Å². The van der Waals surface area contributed by atoms with Crippen LogP contribution in [0.1, 0.15) is 31.4 Å². The van der Waals surface area contributed by atoms with Crippen molar-refractivity contribution < 1.29 is 9.59 Å². The average Bonchev–Trinajstić information content (AvgIpc) is 2.93. The third-order valence-corrected chi connectivity index (χ3v) is 4.19. The highest BCUT2D eigenvalue weighted by Crippen LogP contribution is 2.15. The zero-order chi connectivity index (χ0) is 18.4. The minimum atomic E-state index is -0.538. The lowest BCUT2D eigenvalue weighted by Gasteiger charge is -2.20. The van der Waals surface area contributed by atoms with Gasteiger partial charge in [0.25, 0.3) is 0 Å². The van der Waals surface area contributed by atoms with Gasteiger partial charge in [0.05, 0.1) is 17.7 Å². The molecule has 0 radical (unpaired) electrons. The van der Waals surface area contributed by atoms with E-state index >= 15 is 0 Å². The van der Waals surface area contributed by atoms with E-state index in [2.05, 4.69) is 22.6 Å². The number of hydrogen-bond acceptors (Lipinski definition) is 3. The topological polar surface area (TPSA) is 85.2 Å². The van der Waals surface area contributed by atoms with Crippen molar-refractivity contribution in [3.63, 3.8) is 0 Å². The van der Waals surface area contributed by atoms with Gasteiger partial charge in [-0.15, -0.1) is 6.42 Å². The molecule has 0 bridgehead atoms. The standard InChI is InChI=1S/C19H22N4O2/c1-4-16(13(2)3)21-19(25)22-17-9-10-23(18(17)24)12-15-7-5-14(11-20)6-8-15/h1,5-8,13,16-17H,9-10,12H2,2-3H3,(H2,21,22,25)/t16-,17+/m1/s1. The lowest BCUT2D eigenvalue weighted by atomic mass is 10.1. The smallest absolute Gasteiger partial charge is 0.316 e. The molecule has 0 spiro atoms. The maximum Gasteiger partial charge on any atom is 0.316 e. The van der Waals surface area contributed by atoms with Crippen molar-refractivity contribution in [2.75, 3.05) is 6.54 Å². The minimum absolute atomic E-state index is 0.110. The van der Waals surface area contributed by atoms with Gasteiger partial charge in [-0.25, -0.2) is 4.79 Å². The second kappa shape index (κ2) is 8.21. The van der Waals surface area contributed by atoms with Gasteiger partial charge in [-0.1, -0.05) is 31.9 Å². The van der Waals surface area contributed by atoms with Crippen LogP contribution < -0.4 is 10.6 Å². The van der Waals surface area contributed by atoms with Crippen LogP contribution in [0.15, 0.2) is 24.3 Å². The zero-order valence-electron chi connectivity index (χ0n) is 14.5. The second-order valence-corrected chi connectivity index (χ2v) is 6.42. The van der Waals surface area contributed by atoms with Crippen molar-refractivity contribution in [3.05, 3.63) is 35.4 Å². The molecule has 2 rings (SSSR count). The average molecular weight is 338 g/mol. The van der Waals surface area contributed by atoms with E-state index in [1.165, 1.54) is 0 Å². The van der Waals surface area contributed by atoms with Gasteiger partial charge in [-0.3, -0.25) is 4.79 Å². The van der Waals surface area contributed by atoms with Crippen LogP contribution in [-0.2, 0) is 11.3 Å². The number of nitriles is 1. The van der Waals surface area contributed by atoms with E-state index < -0.39 is 12.1 Å². The largest absolute Gasteiger partial charge is 0.336 e. The van der Waals surface area contributed by atoms with Crippen LogP contribution in [0.2, 0.25) is 0 Å². The predicted molar refractivity (Wildman–Crippen MR) is 94.1 cm³/mol. The molecule has 0 unspecified atom stereocenters. The maximum absolute atomic E-state index is 12.4. The number of rotatable bonds is 5. The van der Waals surface area contributed by atoms with Gasteiger partial charge in [0.1, 0.15) is 6.04 Å². The first kappa shape index (κ1) is 18.4. The molecule has 1 fully saturated rings. The highest BCUT2D eigenvalue weighted by atomic mass is 16.2. The molecule has 1 aromatic carbocycles. The van der Waals surface area contributed by atoms with Crippen molar-refractivity contribution in [1.82, 2.24) is 15.5 Å². The van der Waals surface area contributed by atoms with Crippen LogP contribution in [0.4, 0.5) is 4.79 Å². The van der Waals surface area contributed by atoms with Crippen LogP contribution in [0.3, 0.4) is 0 Å². The van der Waals surface area contributed by atoms with Gasteiger partial charge in [0.2, 0.25) is 5.91 Å². The van der Waals surface area contributed by atoms with Crippen LogP contribution in [0.5, 0.6) is 0 Å². The summed E-state index contributed by atoms with van der Waals surface area (Å²) in [6.45, 7) is 4.88. The molecule has 0 aromatic heterocycles. The van der Waals surface area contributed by atoms with Crippen molar-refractivity contribution in [2.45, 2.75) is 38.9 Å². The minimum Gasteiger partial charge on any atom is -0.336 e. The van der Waals surface area contributed by atoms with Crippen LogP contribution in [0, 0.1) is 29.6 Å². The summed E-state index contributed by atoms with van der Waals surface area (Å²) in [4.78, 5) is 26.2. The van der Waals surface area contributed by atoms with Crippen LogP contribution in [0.25, 0.3) is 0 Å². The summed E-state index contributed by atoms with van der Waals surface area (Å²) in [7, 11) is 0. The molecular weight excluding hydrogens is 316 g/mol. The molecule has 6 nitrogen and oxygen atoms in total. The molecule has 1 saturated heterocycles. The summed E-state index contributed by atoms with van der Waals surface area (Å²) in [5.41, 5.74) is 1.53. The van der Waals surface area contributed by atoms with E-state index in [9.17, 15) is 9.59 Å². The van der Waals surface area contributed by atoms with Gasteiger partial charge in [0.15, 0.2) is 0 Å². The number of urea groups is 1. The van der Waals surface area contributed by atoms with Crippen molar-refractivity contribution in [3.8, 4) is 18.4 Å². The maximum atomic E-state index is 12.4. The van der Waals surface area contributed by atoms with E-state index in [1.54, 1.807) is 17.0 Å². The molecule has 2 N–H and O–H groups in total. The van der Waals surface area contributed by atoms with Gasteiger partial charge in [-0.05, 0) is 30.0 Å². The number of terminal acetylenes is 1. The highest BCUT2D eigenvalue weighted by Gasteiger charge is 2.33. The van der Waals surface area contributed by atoms with E-state index in [0.717, 1.165) is 5.56 Å². The third-order valence-electron chi connectivity index (χ3n) is 4.19. The molecule has 0 saturated carbocycles. The number of carbonyl (C=O) groups excluding carboxylic acids is 2. The molecule has 3 amide bonds. The first-order chi connectivity index (χ1) is 11.9. The molecule has 1 aliphatic rings. The second-order valence-electron chi connectivity index (χ2n) is 6.42. The van der Waals surface area contributed by atoms with Gasteiger partial charge in [0, 0.05) is 13.1 Å².